The van der Waals surface area contributed by atoms with Crippen LogP contribution in [-0.2, 0) is 4.74 Å². The smallest absolute Gasteiger partial charge is 0.256 e. The maximum absolute atomic E-state index is 14.4. The Kier molecular flexibility index (Phi) is 7.26. The van der Waals surface area contributed by atoms with Crippen molar-refractivity contribution in [2.45, 2.75) is 26.4 Å². The summed E-state index contributed by atoms with van der Waals surface area (Å²) < 4.78 is 47.6. The minimum absolute atomic E-state index is 0.0593. The molecule has 0 radical (unpaired) electrons. The molecule has 1 fully saturated rings. The van der Waals surface area contributed by atoms with Gasteiger partial charge in [0.2, 0.25) is 0 Å². The number of nitrogens with one attached hydrogen (secondary N) is 1. The number of carbonyl (C=O) groups excluding carboxylic acids is 1. The zero-order chi connectivity index (χ0) is 21.8. The first-order chi connectivity index (χ1) is 13.8. The van der Waals surface area contributed by atoms with Gasteiger partial charge in [0.05, 0.1) is 30.0 Å². The van der Waals surface area contributed by atoms with Crippen LogP contribution in [0.15, 0.2) is 30.3 Å². The Hall–Kier alpha value is -2.58. The van der Waals surface area contributed by atoms with Gasteiger partial charge in [0, 0.05) is 13.7 Å². The van der Waals surface area contributed by atoms with Crippen LogP contribution in [0.3, 0.4) is 0 Å². The molecular weight excluding hydrogens is 383 g/mol. The molecule has 1 amide bonds. The van der Waals surface area contributed by atoms with Crippen molar-refractivity contribution >= 4 is 17.3 Å². The fraction of sp³-hybridized carbons (Fsp3) is 0.381. The lowest BCUT2D eigenvalue weighted by atomic mass is 9.92. The number of rotatable bonds is 5. The van der Waals surface area contributed by atoms with Crippen LogP contribution in [0.25, 0.3) is 0 Å². The summed E-state index contributed by atoms with van der Waals surface area (Å²) in [5, 5.41) is 2.52. The lowest BCUT2D eigenvalue weighted by Crippen LogP contribution is -2.67. The number of hydrogen-bond donors (Lipinski definition) is 2. The van der Waals surface area contributed by atoms with Gasteiger partial charge in [-0.15, -0.1) is 0 Å². The van der Waals surface area contributed by atoms with E-state index >= 15 is 0 Å². The van der Waals surface area contributed by atoms with Gasteiger partial charge in [-0.1, -0.05) is 19.9 Å². The molecule has 0 bridgehead atoms. The summed E-state index contributed by atoms with van der Waals surface area (Å²) in [5.41, 5.74) is 5.13. The summed E-state index contributed by atoms with van der Waals surface area (Å²) in [6.07, 6.45) is 0. The number of hydrogen-bond acceptors (Lipinski definition) is 4. The number of nitrogens with two attached hydrogens (primary N) is 1. The predicted octanol–water partition coefficient (Wildman–Crippen LogP) is 3.98. The summed E-state index contributed by atoms with van der Waals surface area (Å²) >= 11 is 0. The Bertz CT molecular complexity index is 878. The minimum atomic E-state index is -1.25. The van der Waals surface area contributed by atoms with Gasteiger partial charge in [0.15, 0.2) is 11.6 Å². The second-order valence-electron chi connectivity index (χ2n) is 6.64. The summed E-state index contributed by atoms with van der Waals surface area (Å²) in [7, 11) is 1.50. The third kappa shape index (κ3) is 4.54. The summed E-state index contributed by atoms with van der Waals surface area (Å²) in [6, 6.07) is 6.31. The van der Waals surface area contributed by atoms with E-state index in [0.29, 0.717) is 5.56 Å². The topological polar surface area (TPSA) is 67.6 Å². The first kappa shape index (κ1) is 22.7. The average molecular weight is 409 g/mol. The molecule has 29 heavy (non-hydrogen) atoms. The Labute approximate surface area is 168 Å². The van der Waals surface area contributed by atoms with Crippen molar-refractivity contribution in [1.29, 1.82) is 0 Å². The zero-order valence-corrected chi connectivity index (χ0v) is 17.0. The normalized spacial score (nSPS) is 14.6. The Balaban J connectivity index is 0.00000145. The van der Waals surface area contributed by atoms with Gasteiger partial charge < -0.3 is 20.7 Å². The average Bonchev–Trinajstić information content (AvgIpc) is 2.69. The van der Waals surface area contributed by atoms with E-state index in [2.05, 4.69) is 5.32 Å². The van der Waals surface area contributed by atoms with E-state index < -0.39 is 34.6 Å². The number of carbonyl (C=O) groups is 1. The van der Waals surface area contributed by atoms with Crippen LogP contribution in [-0.4, -0.2) is 43.2 Å². The molecule has 5 nitrogen and oxygen atoms in total. The second-order valence-corrected chi connectivity index (χ2v) is 6.64. The van der Waals surface area contributed by atoms with Gasteiger partial charge in [0.25, 0.3) is 5.91 Å². The molecule has 1 saturated heterocycles. The zero-order valence-electron chi connectivity index (χ0n) is 17.0. The largest absolute Gasteiger partial charge is 0.373 e. The van der Waals surface area contributed by atoms with Crippen molar-refractivity contribution in [3.63, 3.8) is 0 Å². The third-order valence-corrected chi connectivity index (χ3v) is 4.76. The monoisotopic (exact) mass is 409 g/mol. The van der Waals surface area contributed by atoms with Crippen molar-refractivity contribution in [3.05, 3.63) is 58.9 Å². The fourth-order valence-electron chi connectivity index (χ4n) is 3.01. The van der Waals surface area contributed by atoms with Crippen LogP contribution < -0.4 is 11.1 Å². The molecule has 2 aromatic carbocycles. The van der Waals surface area contributed by atoms with Crippen molar-refractivity contribution in [2.24, 2.45) is 5.73 Å². The van der Waals surface area contributed by atoms with Gasteiger partial charge in [0.1, 0.15) is 11.4 Å². The number of anilines is 2. The van der Waals surface area contributed by atoms with Gasteiger partial charge in [-0.3, -0.25) is 4.79 Å². The molecule has 0 aliphatic carbocycles. The number of amides is 1. The Morgan fingerprint density at radius 3 is 2.38 bits per heavy atom. The first-order valence-corrected chi connectivity index (χ1v) is 9.36. The molecule has 1 aliphatic heterocycles. The van der Waals surface area contributed by atoms with E-state index in [1.165, 1.54) is 30.2 Å². The summed E-state index contributed by atoms with van der Waals surface area (Å²) in [4.78, 5) is 14.2. The van der Waals surface area contributed by atoms with Crippen LogP contribution in [0.2, 0.25) is 0 Å². The van der Waals surface area contributed by atoms with Crippen LogP contribution in [0.5, 0.6) is 0 Å². The van der Waals surface area contributed by atoms with Crippen molar-refractivity contribution in [2.75, 3.05) is 32.1 Å². The SMILES string of the molecule is CC.COC1(CN)CN(C(=O)c2ccc(F)c(F)c2Nc2ccc(C)cc2F)C1. The molecule has 3 rings (SSSR count). The number of likely N-dealkylation sites (tertiary alicyclic amines) is 1. The van der Waals surface area contributed by atoms with E-state index in [-0.39, 0.29) is 30.9 Å². The van der Waals surface area contributed by atoms with Crippen LogP contribution in [0.1, 0.15) is 29.8 Å². The number of benzene rings is 2. The highest BCUT2D eigenvalue weighted by atomic mass is 19.2. The van der Waals surface area contributed by atoms with Gasteiger partial charge >= 0.3 is 0 Å². The van der Waals surface area contributed by atoms with Crippen molar-refractivity contribution in [1.82, 2.24) is 4.90 Å². The molecule has 3 N–H and O–H groups in total. The maximum Gasteiger partial charge on any atom is 0.256 e. The Morgan fingerprint density at radius 1 is 1.17 bits per heavy atom. The lowest BCUT2D eigenvalue weighted by molar-refractivity contribution is -0.101. The molecule has 2 aromatic rings. The quantitative estimate of drug-likeness (QED) is 0.784. The molecule has 0 spiro atoms. The summed E-state index contributed by atoms with van der Waals surface area (Å²) in [6.45, 7) is 6.39. The maximum atomic E-state index is 14.4. The van der Waals surface area contributed by atoms with E-state index in [9.17, 15) is 18.0 Å². The van der Waals surface area contributed by atoms with E-state index in [1.807, 2.05) is 13.8 Å². The van der Waals surface area contributed by atoms with Gasteiger partial charge in [-0.2, -0.15) is 0 Å². The number of ether oxygens (including phenoxy) is 1. The summed E-state index contributed by atoms with van der Waals surface area (Å²) in [5.74, 6) is -3.55. The molecule has 158 valence electrons. The standard InChI is InChI=1S/C19H20F3N3O2.C2H6/c1-11-3-6-15(14(21)7-11)24-17-12(4-5-13(20)16(17)22)18(26)25-9-19(8-23,10-25)27-2;1-2/h3-7,24H,8-10,23H2,1-2H3;1-2H3. The number of aryl methyl sites for hydroxylation is 1. The number of methoxy groups -OCH3 is 1. The highest BCUT2D eigenvalue weighted by Crippen LogP contribution is 2.32. The number of nitrogens with zero attached hydrogens (tertiary/aromatic N) is 1. The third-order valence-electron chi connectivity index (χ3n) is 4.76. The molecule has 0 saturated carbocycles. The van der Waals surface area contributed by atoms with Crippen LogP contribution >= 0.6 is 0 Å². The molecular formula is C21H26F3N3O2. The molecule has 0 atom stereocenters. The van der Waals surface area contributed by atoms with Crippen LogP contribution in [0.4, 0.5) is 24.5 Å². The highest BCUT2D eigenvalue weighted by molar-refractivity contribution is 6.01. The number of halogens is 3. The van der Waals surface area contributed by atoms with Crippen molar-refractivity contribution in [3.8, 4) is 0 Å². The van der Waals surface area contributed by atoms with E-state index in [1.54, 1.807) is 13.0 Å². The van der Waals surface area contributed by atoms with Gasteiger partial charge in [-0.25, -0.2) is 13.2 Å². The van der Waals surface area contributed by atoms with E-state index in [0.717, 1.165) is 6.07 Å². The second kappa shape index (κ2) is 9.28. The van der Waals surface area contributed by atoms with E-state index in [4.69, 9.17) is 10.5 Å². The minimum Gasteiger partial charge on any atom is -0.373 e. The fourth-order valence-corrected chi connectivity index (χ4v) is 3.01. The molecule has 1 aliphatic rings. The van der Waals surface area contributed by atoms with Crippen LogP contribution in [0, 0.1) is 24.4 Å². The Morgan fingerprint density at radius 2 is 1.83 bits per heavy atom. The molecule has 8 heteroatoms. The first-order valence-electron chi connectivity index (χ1n) is 9.36. The lowest BCUT2D eigenvalue weighted by Gasteiger charge is -2.48. The predicted molar refractivity (Wildman–Crippen MR) is 107 cm³/mol. The van der Waals surface area contributed by atoms with Crippen molar-refractivity contribution < 1.29 is 22.7 Å². The highest BCUT2D eigenvalue weighted by Gasteiger charge is 2.45. The van der Waals surface area contributed by atoms with Gasteiger partial charge in [-0.05, 0) is 36.8 Å². The molecule has 1 heterocycles. The molecule has 0 unspecified atom stereocenters. The molecule has 0 aromatic heterocycles.